The summed E-state index contributed by atoms with van der Waals surface area (Å²) >= 11 is 0. The summed E-state index contributed by atoms with van der Waals surface area (Å²) in [6.07, 6.45) is 0. The van der Waals surface area contributed by atoms with E-state index in [1.54, 1.807) is 0 Å². The van der Waals surface area contributed by atoms with Crippen molar-refractivity contribution in [2.45, 2.75) is 0 Å². The number of rotatable bonds is 0. The molecule has 0 atom stereocenters. The molecule has 1 aromatic rings. The van der Waals surface area contributed by atoms with Crippen LogP contribution in [0.2, 0.25) is 0 Å². The molecular formula is C6H7K2O4P. The maximum atomic E-state index is 8.66. The van der Waals surface area contributed by atoms with Crippen LogP contribution in [0.1, 0.15) is 0 Å². The van der Waals surface area contributed by atoms with Crippen molar-refractivity contribution < 1.29 is 122 Å². The van der Waals surface area contributed by atoms with E-state index < -0.39 is 7.82 Å². The first-order chi connectivity index (χ1) is 5.00. The molecular weight excluding hydrogens is 245 g/mol. The third-order valence-electron chi connectivity index (χ3n) is 0.667. The first kappa shape index (κ1) is 20.9. The standard InChI is InChI=1S/C6H6.2K.H3O4P/c1-2-4-6-5-3-1;;;1-5(2,3)4/h1-6H;;;(H3,1,2,3,4)/q;2*+1;/p-2. The van der Waals surface area contributed by atoms with Gasteiger partial charge in [0.2, 0.25) is 0 Å². The van der Waals surface area contributed by atoms with E-state index in [9.17, 15) is 0 Å². The Bertz CT molecular complexity index is 190. The molecule has 0 fully saturated rings. The maximum Gasteiger partial charge on any atom is 1.00 e. The molecule has 1 aromatic carbocycles. The molecule has 0 heterocycles. The van der Waals surface area contributed by atoms with E-state index in [0.29, 0.717) is 0 Å². The molecule has 13 heavy (non-hydrogen) atoms. The monoisotopic (exact) mass is 252 g/mol. The zero-order valence-corrected chi connectivity index (χ0v) is 14.7. The molecule has 0 amide bonds. The fraction of sp³-hybridized carbons (Fsp3) is 0. The van der Waals surface area contributed by atoms with Gasteiger partial charge in [-0.3, -0.25) is 0 Å². The molecule has 0 aliphatic rings. The second-order valence-corrected chi connectivity index (χ2v) is 2.56. The maximum absolute atomic E-state index is 8.66. The van der Waals surface area contributed by atoms with Crippen molar-refractivity contribution in [1.29, 1.82) is 0 Å². The van der Waals surface area contributed by atoms with Crippen molar-refractivity contribution in [2.75, 3.05) is 0 Å². The summed E-state index contributed by atoms with van der Waals surface area (Å²) in [6.45, 7) is 0. The van der Waals surface area contributed by atoms with Crippen molar-refractivity contribution in [3.8, 4) is 0 Å². The summed E-state index contributed by atoms with van der Waals surface area (Å²) in [4.78, 5) is 24.3. The van der Waals surface area contributed by atoms with Gasteiger partial charge in [-0.1, -0.05) is 36.4 Å². The van der Waals surface area contributed by atoms with E-state index in [2.05, 4.69) is 0 Å². The summed E-state index contributed by atoms with van der Waals surface area (Å²) < 4.78 is 8.66. The van der Waals surface area contributed by atoms with Gasteiger partial charge >= 0.3 is 103 Å². The molecule has 0 aromatic heterocycles. The Hall–Kier alpha value is 2.60. The van der Waals surface area contributed by atoms with Crippen molar-refractivity contribution in [3.63, 3.8) is 0 Å². The van der Waals surface area contributed by atoms with Crippen molar-refractivity contribution in [1.82, 2.24) is 0 Å². The second-order valence-electron chi connectivity index (χ2n) is 1.62. The van der Waals surface area contributed by atoms with Crippen LogP contribution in [0.5, 0.6) is 0 Å². The predicted octanol–water partition coefficient (Wildman–Crippen LogP) is -6.50. The Morgan fingerprint density at radius 1 is 0.846 bits per heavy atom. The molecule has 0 unspecified atom stereocenters. The van der Waals surface area contributed by atoms with E-state index in [1.165, 1.54) is 0 Å². The number of hydrogen-bond acceptors (Lipinski definition) is 3. The zero-order valence-electron chi connectivity index (χ0n) is 7.58. The minimum absolute atomic E-state index is 0. The van der Waals surface area contributed by atoms with E-state index in [4.69, 9.17) is 19.2 Å². The molecule has 1 N–H and O–H groups in total. The van der Waals surface area contributed by atoms with Crippen molar-refractivity contribution >= 4 is 7.82 Å². The van der Waals surface area contributed by atoms with Gasteiger partial charge < -0.3 is 19.2 Å². The Morgan fingerprint density at radius 3 is 1.00 bits per heavy atom. The van der Waals surface area contributed by atoms with Gasteiger partial charge in [-0.25, -0.2) is 0 Å². The first-order valence-corrected chi connectivity index (χ1v) is 4.24. The molecule has 0 spiro atoms. The van der Waals surface area contributed by atoms with Crippen LogP contribution in [0.4, 0.5) is 0 Å². The van der Waals surface area contributed by atoms with Crippen LogP contribution < -0.4 is 113 Å². The van der Waals surface area contributed by atoms with Gasteiger partial charge in [0.25, 0.3) is 0 Å². The topological polar surface area (TPSA) is 83.4 Å². The Balaban J connectivity index is -0.000000136. The molecule has 7 heteroatoms. The van der Waals surface area contributed by atoms with Crippen LogP contribution in [0, 0.1) is 0 Å². The minimum Gasteiger partial charge on any atom is -0.790 e. The number of phosphoric acid groups is 1. The van der Waals surface area contributed by atoms with Crippen molar-refractivity contribution in [3.05, 3.63) is 36.4 Å². The van der Waals surface area contributed by atoms with Gasteiger partial charge in [-0.05, 0) is 0 Å². The predicted molar refractivity (Wildman–Crippen MR) is 36.3 cm³/mol. The van der Waals surface area contributed by atoms with Crippen molar-refractivity contribution in [2.24, 2.45) is 0 Å². The summed E-state index contributed by atoms with van der Waals surface area (Å²) in [5.74, 6) is 0. The molecule has 4 nitrogen and oxygen atoms in total. The largest absolute Gasteiger partial charge is 1.00 e. The molecule has 0 aliphatic heterocycles. The van der Waals surface area contributed by atoms with Crippen LogP contribution in [0.3, 0.4) is 0 Å². The van der Waals surface area contributed by atoms with Gasteiger partial charge in [-0.15, -0.1) is 0 Å². The van der Waals surface area contributed by atoms with Crippen LogP contribution in [-0.2, 0) is 4.57 Å². The van der Waals surface area contributed by atoms with Gasteiger partial charge in [0, 0.05) is 0 Å². The summed E-state index contributed by atoms with van der Waals surface area (Å²) in [5.41, 5.74) is 0. The third-order valence-corrected chi connectivity index (χ3v) is 0.667. The number of benzene rings is 1. The fourth-order valence-corrected chi connectivity index (χ4v) is 0.385. The van der Waals surface area contributed by atoms with Crippen LogP contribution in [-0.4, -0.2) is 4.89 Å². The quantitative estimate of drug-likeness (QED) is 0.368. The fourth-order valence-electron chi connectivity index (χ4n) is 0.385. The molecule has 0 bridgehead atoms. The first-order valence-electron chi connectivity index (χ1n) is 2.75. The second kappa shape index (κ2) is 12.7. The average molecular weight is 252 g/mol. The zero-order chi connectivity index (χ0) is 8.74. The molecule has 62 valence electrons. The van der Waals surface area contributed by atoms with Crippen LogP contribution >= 0.6 is 7.82 Å². The summed E-state index contributed by atoms with van der Waals surface area (Å²) in [6, 6.07) is 12.0. The molecule has 0 saturated heterocycles. The Kier molecular flexibility index (Phi) is 20.4. The van der Waals surface area contributed by atoms with E-state index >= 15 is 0 Å². The minimum atomic E-state index is -5.14. The average Bonchev–Trinajstić information content (AvgIpc) is 1.88. The van der Waals surface area contributed by atoms with Gasteiger partial charge in [0.15, 0.2) is 0 Å². The van der Waals surface area contributed by atoms with E-state index in [1.807, 2.05) is 36.4 Å². The van der Waals surface area contributed by atoms with E-state index in [-0.39, 0.29) is 103 Å². The molecule has 0 aliphatic carbocycles. The van der Waals surface area contributed by atoms with Gasteiger partial charge in [0.1, 0.15) is 0 Å². The van der Waals surface area contributed by atoms with Gasteiger partial charge in [-0.2, -0.15) is 0 Å². The van der Waals surface area contributed by atoms with Crippen LogP contribution in [0.15, 0.2) is 36.4 Å². The summed E-state index contributed by atoms with van der Waals surface area (Å²) in [7, 11) is -5.14. The molecule has 0 saturated carbocycles. The Labute approximate surface area is 162 Å². The Morgan fingerprint density at radius 2 is 0.923 bits per heavy atom. The molecule has 0 radical (unpaired) electrons. The number of hydrogen-bond donors (Lipinski definition) is 1. The SMILES string of the molecule is O=P([O-])([O-])O.[K+].[K+].c1ccccc1. The smallest absolute Gasteiger partial charge is 0.790 e. The normalized spacial score (nSPS) is 8.23. The van der Waals surface area contributed by atoms with Gasteiger partial charge in [0.05, 0.1) is 7.82 Å². The van der Waals surface area contributed by atoms with Crippen LogP contribution in [0.25, 0.3) is 0 Å². The summed E-state index contributed by atoms with van der Waals surface area (Å²) in [5, 5.41) is 0. The third kappa shape index (κ3) is 31.3. The molecule has 1 rings (SSSR count). The van der Waals surface area contributed by atoms with E-state index in [0.717, 1.165) is 0 Å².